The Morgan fingerprint density at radius 2 is 1.81 bits per heavy atom. The average molecular weight is 316 g/mol. The number of nitrogens with zero attached hydrogens (tertiary/aromatic N) is 1. The molecule has 0 saturated carbocycles. The van der Waals surface area contributed by atoms with E-state index in [4.69, 9.17) is 25.8 Å². The van der Waals surface area contributed by atoms with Gasteiger partial charge < -0.3 is 19.1 Å². The van der Waals surface area contributed by atoms with Crippen molar-refractivity contribution in [3.63, 3.8) is 0 Å². The number of alkyl halides is 1. The Morgan fingerprint density at radius 1 is 1.19 bits per heavy atom. The number of hydrogen-bond acceptors (Lipinski definition) is 4. The average Bonchev–Trinajstić information content (AvgIpc) is 2.50. The summed E-state index contributed by atoms with van der Waals surface area (Å²) in [5.74, 6) is 2.01. The van der Waals surface area contributed by atoms with Gasteiger partial charge in [-0.1, -0.05) is 0 Å². The number of likely N-dealkylation sites (N-methyl/N-ethyl adjacent to an activating group) is 1. The van der Waals surface area contributed by atoms with E-state index in [0.717, 1.165) is 11.1 Å². The lowest BCUT2D eigenvalue weighted by Gasteiger charge is -2.20. The number of ether oxygens (including phenoxy) is 3. The molecule has 0 aliphatic heterocycles. The quantitative estimate of drug-likeness (QED) is 0.725. The zero-order chi connectivity index (χ0) is 16.0. The Bertz CT molecular complexity index is 505. The second-order valence-corrected chi connectivity index (χ2v) is 4.87. The molecule has 0 aromatic heterocycles. The van der Waals surface area contributed by atoms with Crippen LogP contribution in [0, 0.1) is 0 Å². The molecule has 0 heterocycles. The van der Waals surface area contributed by atoms with Crippen LogP contribution in [-0.4, -0.2) is 45.7 Å². The Labute approximate surface area is 130 Å². The van der Waals surface area contributed by atoms with Gasteiger partial charge in [-0.05, 0) is 18.1 Å². The summed E-state index contributed by atoms with van der Waals surface area (Å²) in [5, 5.41) is 0. The second kappa shape index (κ2) is 7.98. The third-order valence-corrected chi connectivity index (χ3v) is 3.68. The molecule has 1 amide bonds. The summed E-state index contributed by atoms with van der Waals surface area (Å²) in [6.07, 6.45) is 0.662. The monoisotopic (exact) mass is 315 g/mol. The number of rotatable bonds is 7. The minimum Gasteiger partial charge on any atom is -0.493 e. The fraction of sp³-hybridized carbons (Fsp3) is 0.533. The van der Waals surface area contributed by atoms with Crippen molar-refractivity contribution >= 4 is 17.5 Å². The summed E-state index contributed by atoms with van der Waals surface area (Å²) in [6.45, 7) is 2.13. The first-order chi connectivity index (χ1) is 9.99. The van der Waals surface area contributed by atoms with E-state index in [-0.39, 0.29) is 5.91 Å². The summed E-state index contributed by atoms with van der Waals surface area (Å²) < 4.78 is 16.1. The molecule has 0 bridgehead atoms. The standard InChI is InChI=1S/C15H22ClNO4/c1-10(18)17(2)7-6-11-8-13(19-3)15(21-5)14(20-4)12(11)9-16/h8H,6-7,9H2,1-5H3. The largest absolute Gasteiger partial charge is 0.493 e. The van der Waals surface area contributed by atoms with Crippen LogP contribution in [0.2, 0.25) is 0 Å². The predicted molar refractivity (Wildman–Crippen MR) is 82.7 cm³/mol. The smallest absolute Gasteiger partial charge is 0.219 e. The third-order valence-electron chi connectivity index (χ3n) is 3.41. The molecule has 1 rings (SSSR count). The molecule has 1 aromatic rings. The van der Waals surface area contributed by atoms with Crippen LogP contribution in [0.1, 0.15) is 18.1 Å². The van der Waals surface area contributed by atoms with Gasteiger partial charge in [0.25, 0.3) is 0 Å². The van der Waals surface area contributed by atoms with Crippen molar-refractivity contribution in [2.24, 2.45) is 0 Å². The number of carbonyl (C=O) groups is 1. The second-order valence-electron chi connectivity index (χ2n) is 4.61. The first-order valence-corrected chi connectivity index (χ1v) is 7.11. The predicted octanol–water partition coefficient (Wildman–Crippen LogP) is 2.47. The van der Waals surface area contributed by atoms with Gasteiger partial charge in [-0.3, -0.25) is 4.79 Å². The van der Waals surface area contributed by atoms with Crippen LogP contribution >= 0.6 is 11.6 Å². The highest BCUT2D eigenvalue weighted by Crippen LogP contribution is 2.42. The minimum absolute atomic E-state index is 0.0230. The summed E-state index contributed by atoms with van der Waals surface area (Å²) in [7, 11) is 6.46. The molecule has 0 N–H and O–H groups in total. The van der Waals surface area contributed by atoms with Crippen LogP contribution in [0.5, 0.6) is 17.2 Å². The van der Waals surface area contributed by atoms with Crippen LogP contribution in [-0.2, 0) is 17.1 Å². The van der Waals surface area contributed by atoms with Crippen molar-refractivity contribution in [2.45, 2.75) is 19.2 Å². The molecule has 0 fully saturated rings. The highest BCUT2D eigenvalue weighted by atomic mass is 35.5. The van der Waals surface area contributed by atoms with Gasteiger partial charge >= 0.3 is 0 Å². The summed E-state index contributed by atoms with van der Waals surface area (Å²) in [4.78, 5) is 13.0. The lowest BCUT2D eigenvalue weighted by atomic mass is 10.0. The van der Waals surface area contributed by atoms with E-state index in [9.17, 15) is 4.79 Å². The van der Waals surface area contributed by atoms with Gasteiger partial charge in [0.1, 0.15) is 0 Å². The molecule has 0 saturated heterocycles. The molecule has 0 aliphatic rings. The zero-order valence-corrected chi connectivity index (χ0v) is 13.9. The van der Waals surface area contributed by atoms with Gasteiger partial charge in [0.15, 0.2) is 11.5 Å². The van der Waals surface area contributed by atoms with E-state index >= 15 is 0 Å². The number of halogens is 1. The fourth-order valence-electron chi connectivity index (χ4n) is 2.08. The van der Waals surface area contributed by atoms with Crippen molar-refractivity contribution in [3.05, 3.63) is 17.2 Å². The van der Waals surface area contributed by atoms with Crippen LogP contribution in [0.4, 0.5) is 0 Å². The highest BCUT2D eigenvalue weighted by molar-refractivity contribution is 6.17. The Balaban J connectivity index is 3.21. The molecule has 118 valence electrons. The van der Waals surface area contributed by atoms with Crippen LogP contribution in [0.15, 0.2) is 6.07 Å². The maximum atomic E-state index is 11.3. The van der Waals surface area contributed by atoms with Gasteiger partial charge in [-0.2, -0.15) is 0 Å². The molecule has 0 spiro atoms. The molecule has 0 aliphatic carbocycles. The first kappa shape index (κ1) is 17.4. The molecule has 0 atom stereocenters. The third kappa shape index (κ3) is 3.94. The summed E-state index contributed by atoms with van der Waals surface area (Å²) >= 11 is 6.06. The van der Waals surface area contributed by atoms with E-state index in [1.807, 2.05) is 6.07 Å². The lowest BCUT2D eigenvalue weighted by molar-refractivity contribution is -0.127. The highest BCUT2D eigenvalue weighted by Gasteiger charge is 2.20. The molecule has 0 unspecified atom stereocenters. The summed E-state index contributed by atoms with van der Waals surface area (Å²) in [6, 6.07) is 1.88. The van der Waals surface area contributed by atoms with E-state index in [2.05, 4.69) is 0 Å². The number of carbonyl (C=O) groups excluding carboxylic acids is 1. The topological polar surface area (TPSA) is 48.0 Å². The molecule has 6 heteroatoms. The molecule has 0 radical (unpaired) electrons. The van der Waals surface area contributed by atoms with E-state index < -0.39 is 0 Å². The number of hydrogen-bond donors (Lipinski definition) is 0. The van der Waals surface area contributed by atoms with Gasteiger partial charge in [-0.15, -0.1) is 11.6 Å². The molecular weight excluding hydrogens is 294 g/mol. The van der Waals surface area contributed by atoms with Gasteiger partial charge in [0.05, 0.1) is 27.2 Å². The Morgan fingerprint density at radius 3 is 2.24 bits per heavy atom. The molecule has 5 nitrogen and oxygen atoms in total. The number of methoxy groups -OCH3 is 3. The first-order valence-electron chi connectivity index (χ1n) is 6.58. The van der Waals surface area contributed by atoms with Crippen LogP contribution < -0.4 is 14.2 Å². The SMILES string of the molecule is COc1cc(CCN(C)C(C)=O)c(CCl)c(OC)c1OC. The van der Waals surface area contributed by atoms with Crippen LogP contribution in [0.3, 0.4) is 0 Å². The number of amides is 1. The van der Waals surface area contributed by atoms with E-state index in [0.29, 0.717) is 36.1 Å². The Hall–Kier alpha value is -1.62. The molecule has 1 aromatic carbocycles. The van der Waals surface area contributed by atoms with E-state index in [1.54, 1.807) is 33.3 Å². The Kier molecular flexibility index (Phi) is 6.62. The minimum atomic E-state index is 0.0230. The maximum absolute atomic E-state index is 11.3. The van der Waals surface area contributed by atoms with Gasteiger partial charge in [0.2, 0.25) is 11.7 Å². The van der Waals surface area contributed by atoms with Crippen molar-refractivity contribution in [1.82, 2.24) is 4.90 Å². The molecular formula is C15H22ClNO4. The lowest BCUT2D eigenvalue weighted by Crippen LogP contribution is -2.26. The van der Waals surface area contributed by atoms with Crippen molar-refractivity contribution in [2.75, 3.05) is 34.9 Å². The maximum Gasteiger partial charge on any atom is 0.219 e. The van der Waals surface area contributed by atoms with Crippen LogP contribution in [0.25, 0.3) is 0 Å². The van der Waals surface area contributed by atoms with Gasteiger partial charge in [-0.25, -0.2) is 0 Å². The van der Waals surface area contributed by atoms with Crippen molar-refractivity contribution < 1.29 is 19.0 Å². The molecule has 21 heavy (non-hydrogen) atoms. The fourth-order valence-corrected chi connectivity index (χ4v) is 2.37. The van der Waals surface area contributed by atoms with E-state index in [1.165, 1.54) is 6.92 Å². The summed E-state index contributed by atoms with van der Waals surface area (Å²) in [5.41, 5.74) is 1.83. The normalized spacial score (nSPS) is 10.2. The zero-order valence-electron chi connectivity index (χ0n) is 13.2. The van der Waals surface area contributed by atoms with Crippen molar-refractivity contribution in [1.29, 1.82) is 0 Å². The van der Waals surface area contributed by atoms with Crippen molar-refractivity contribution in [3.8, 4) is 17.2 Å². The van der Waals surface area contributed by atoms with Gasteiger partial charge in [0, 0.05) is 26.1 Å². The number of benzene rings is 1.